The first-order valence-corrected chi connectivity index (χ1v) is 11.8. The molecule has 29 heavy (non-hydrogen) atoms. The number of pyridine rings is 2. The van der Waals surface area contributed by atoms with Crippen LogP contribution in [0.15, 0.2) is 40.4 Å². The second kappa shape index (κ2) is 6.19. The molecule has 0 bridgehead atoms. The number of nitrogens with zero attached hydrogens (tertiary/aromatic N) is 3. The van der Waals surface area contributed by atoms with Gasteiger partial charge in [0.25, 0.3) is 5.56 Å². The lowest BCUT2D eigenvalue weighted by molar-refractivity contribution is 0.383. The molecule has 2 fully saturated rings. The van der Waals surface area contributed by atoms with Crippen molar-refractivity contribution in [2.24, 2.45) is 12.5 Å². The number of piperidine rings is 1. The maximum atomic E-state index is 12.3. The maximum absolute atomic E-state index is 12.3. The van der Waals surface area contributed by atoms with Gasteiger partial charge in [0.05, 0.1) is 4.90 Å². The molecule has 0 unspecified atom stereocenters. The number of aromatic nitrogens is 3. The first-order valence-electron chi connectivity index (χ1n) is 9.90. The number of aromatic amines is 1. The molecule has 3 aromatic heterocycles. The van der Waals surface area contributed by atoms with Crippen LogP contribution in [0.3, 0.4) is 0 Å². The summed E-state index contributed by atoms with van der Waals surface area (Å²) in [4.78, 5) is 22.2. The Morgan fingerprint density at radius 3 is 2.52 bits per heavy atom. The van der Waals surface area contributed by atoms with Crippen molar-refractivity contribution in [1.29, 1.82) is 0 Å². The van der Waals surface area contributed by atoms with Crippen molar-refractivity contribution in [1.82, 2.24) is 14.5 Å². The summed E-state index contributed by atoms with van der Waals surface area (Å²) in [5, 5.41) is 0.792. The zero-order valence-electron chi connectivity index (χ0n) is 16.6. The molecule has 4 heterocycles. The molecular weight excluding hydrogens is 388 g/mol. The van der Waals surface area contributed by atoms with Gasteiger partial charge >= 0.3 is 0 Å². The van der Waals surface area contributed by atoms with E-state index in [0.717, 1.165) is 48.3 Å². The van der Waals surface area contributed by atoms with Crippen molar-refractivity contribution in [2.75, 3.05) is 24.2 Å². The van der Waals surface area contributed by atoms with Gasteiger partial charge in [-0.25, -0.2) is 13.4 Å². The highest BCUT2D eigenvalue weighted by molar-refractivity contribution is 7.90. The Kier molecular flexibility index (Phi) is 3.93. The second-order valence-electron chi connectivity index (χ2n) is 8.52. The third kappa shape index (κ3) is 3.06. The van der Waals surface area contributed by atoms with Gasteiger partial charge in [-0.05, 0) is 43.2 Å². The minimum atomic E-state index is -3.40. The highest BCUT2D eigenvalue weighted by Crippen LogP contribution is 2.54. The van der Waals surface area contributed by atoms with Crippen molar-refractivity contribution in [3.8, 4) is 11.1 Å². The SMILES string of the molecule is Cn1ccc2c(-c3cc(S(C)(=O)=O)cnc3N3CCC4(CC3)CC4)c[nH]c(=O)c21. The number of fused-ring (bicyclic) bond motifs is 1. The molecule has 0 atom stereocenters. The van der Waals surface area contributed by atoms with Crippen LogP contribution in [0.1, 0.15) is 25.7 Å². The molecule has 1 N–H and O–H groups in total. The lowest BCUT2D eigenvalue weighted by atomic mass is 9.93. The molecule has 1 saturated carbocycles. The van der Waals surface area contributed by atoms with Gasteiger partial charge in [0, 0.05) is 61.5 Å². The Morgan fingerprint density at radius 1 is 1.14 bits per heavy atom. The number of H-pyrrole nitrogens is 1. The highest BCUT2D eigenvalue weighted by Gasteiger charge is 2.44. The fraction of sp³-hybridized carbons (Fsp3) is 0.429. The van der Waals surface area contributed by atoms with Crippen LogP contribution in [0, 0.1) is 5.41 Å². The average Bonchev–Trinajstić information content (AvgIpc) is 3.32. The van der Waals surface area contributed by atoms with E-state index >= 15 is 0 Å². The van der Waals surface area contributed by atoms with E-state index in [2.05, 4.69) is 14.9 Å². The molecule has 5 rings (SSSR count). The van der Waals surface area contributed by atoms with Gasteiger partial charge < -0.3 is 14.5 Å². The van der Waals surface area contributed by atoms with E-state index in [9.17, 15) is 13.2 Å². The molecule has 3 aromatic rings. The van der Waals surface area contributed by atoms with Gasteiger partial charge in [0.2, 0.25) is 0 Å². The monoisotopic (exact) mass is 412 g/mol. The summed E-state index contributed by atoms with van der Waals surface area (Å²) in [6, 6.07) is 3.59. The third-order valence-electron chi connectivity index (χ3n) is 6.57. The zero-order valence-corrected chi connectivity index (χ0v) is 17.4. The molecule has 0 aromatic carbocycles. The first kappa shape index (κ1) is 18.4. The molecule has 0 amide bonds. The van der Waals surface area contributed by atoms with Crippen LogP contribution in [0.25, 0.3) is 22.0 Å². The molecule has 1 aliphatic heterocycles. The van der Waals surface area contributed by atoms with Crippen LogP contribution in [-0.4, -0.2) is 42.3 Å². The van der Waals surface area contributed by atoms with Crippen molar-refractivity contribution in [3.63, 3.8) is 0 Å². The number of hydrogen-bond donors (Lipinski definition) is 1. The van der Waals surface area contributed by atoms with Gasteiger partial charge in [0.1, 0.15) is 11.3 Å². The maximum Gasteiger partial charge on any atom is 0.272 e. The standard InChI is InChI=1S/C21H24N4O3S/c1-24-8-3-15-17(13-23-20(26)18(15)24)16-11-14(29(2,27)28)12-22-19(16)25-9-6-21(4-5-21)7-10-25/h3,8,11-13H,4-7,9-10H2,1-2H3,(H,23,26). The summed E-state index contributed by atoms with van der Waals surface area (Å²) in [7, 11) is -1.58. The summed E-state index contributed by atoms with van der Waals surface area (Å²) in [6.07, 6.45) is 11.1. The van der Waals surface area contributed by atoms with E-state index in [0.29, 0.717) is 10.9 Å². The van der Waals surface area contributed by atoms with E-state index in [1.54, 1.807) is 16.8 Å². The van der Waals surface area contributed by atoms with E-state index in [1.807, 2.05) is 19.3 Å². The summed E-state index contributed by atoms with van der Waals surface area (Å²) in [6.45, 7) is 1.83. The molecule has 1 saturated heterocycles. The van der Waals surface area contributed by atoms with E-state index in [-0.39, 0.29) is 10.5 Å². The van der Waals surface area contributed by atoms with Crippen LogP contribution in [0.2, 0.25) is 0 Å². The van der Waals surface area contributed by atoms with Crippen LogP contribution in [-0.2, 0) is 16.9 Å². The van der Waals surface area contributed by atoms with E-state index in [4.69, 9.17) is 0 Å². The molecular formula is C21H24N4O3S. The quantitative estimate of drug-likeness (QED) is 0.715. The minimum absolute atomic E-state index is 0.168. The number of rotatable bonds is 3. The summed E-state index contributed by atoms with van der Waals surface area (Å²) >= 11 is 0. The molecule has 1 spiro atoms. The number of aryl methyl sites for hydroxylation is 1. The number of anilines is 1. The molecule has 152 valence electrons. The number of sulfone groups is 1. The average molecular weight is 413 g/mol. The molecule has 8 heteroatoms. The van der Waals surface area contributed by atoms with Crippen molar-refractivity contribution in [3.05, 3.63) is 41.1 Å². The van der Waals surface area contributed by atoms with Gasteiger partial charge in [-0.15, -0.1) is 0 Å². The Balaban J connectivity index is 1.70. The van der Waals surface area contributed by atoms with Crippen LogP contribution >= 0.6 is 0 Å². The third-order valence-corrected chi connectivity index (χ3v) is 7.65. The summed E-state index contributed by atoms with van der Waals surface area (Å²) in [5.41, 5.74) is 2.47. The van der Waals surface area contributed by atoms with Crippen LogP contribution in [0.5, 0.6) is 0 Å². The van der Waals surface area contributed by atoms with Crippen LogP contribution < -0.4 is 10.5 Å². The minimum Gasteiger partial charge on any atom is -0.356 e. The van der Waals surface area contributed by atoms with Crippen molar-refractivity contribution < 1.29 is 8.42 Å². The fourth-order valence-electron chi connectivity index (χ4n) is 4.50. The molecule has 1 aliphatic carbocycles. The largest absolute Gasteiger partial charge is 0.356 e. The Hall–Kier alpha value is -2.61. The second-order valence-corrected chi connectivity index (χ2v) is 10.5. The smallest absolute Gasteiger partial charge is 0.272 e. The van der Waals surface area contributed by atoms with E-state index < -0.39 is 9.84 Å². The van der Waals surface area contributed by atoms with Gasteiger partial charge in [-0.1, -0.05) is 0 Å². The number of hydrogen-bond acceptors (Lipinski definition) is 5. The predicted molar refractivity (Wildman–Crippen MR) is 113 cm³/mol. The predicted octanol–water partition coefficient (Wildman–Crippen LogP) is 2.71. The van der Waals surface area contributed by atoms with Gasteiger partial charge in [-0.2, -0.15) is 0 Å². The first-order chi connectivity index (χ1) is 13.8. The van der Waals surface area contributed by atoms with E-state index in [1.165, 1.54) is 25.3 Å². The molecule has 7 nitrogen and oxygen atoms in total. The van der Waals surface area contributed by atoms with Crippen molar-refractivity contribution in [2.45, 2.75) is 30.6 Å². The highest BCUT2D eigenvalue weighted by atomic mass is 32.2. The topological polar surface area (TPSA) is 88.1 Å². The Bertz CT molecular complexity index is 1270. The van der Waals surface area contributed by atoms with Gasteiger partial charge in [0.15, 0.2) is 9.84 Å². The van der Waals surface area contributed by atoms with Crippen molar-refractivity contribution >= 4 is 26.6 Å². The zero-order chi connectivity index (χ0) is 20.4. The summed E-state index contributed by atoms with van der Waals surface area (Å²) in [5.74, 6) is 0.783. The normalized spacial score (nSPS) is 18.5. The number of nitrogens with one attached hydrogen (secondary N) is 1. The Labute approximate surface area is 169 Å². The summed E-state index contributed by atoms with van der Waals surface area (Å²) < 4.78 is 26.2. The lowest BCUT2D eigenvalue weighted by Crippen LogP contribution is -2.35. The lowest BCUT2D eigenvalue weighted by Gasteiger charge is -2.34. The van der Waals surface area contributed by atoms with Crippen LogP contribution in [0.4, 0.5) is 5.82 Å². The fourth-order valence-corrected chi connectivity index (χ4v) is 5.07. The molecule has 2 aliphatic rings. The van der Waals surface area contributed by atoms with Gasteiger partial charge in [-0.3, -0.25) is 4.79 Å². The Morgan fingerprint density at radius 2 is 1.86 bits per heavy atom. The molecule has 0 radical (unpaired) electrons.